The molecule has 3 N–H and O–H groups in total. The second kappa shape index (κ2) is 5.13. The smallest absolute Gasteiger partial charge is 0.120 e. The van der Waals surface area contributed by atoms with Crippen LogP contribution in [-0.2, 0) is 0 Å². The van der Waals surface area contributed by atoms with Gasteiger partial charge in [0.1, 0.15) is 5.75 Å². The van der Waals surface area contributed by atoms with Gasteiger partial charge >= 0.3 is 0 Å². The highest BCUT2D eigenvalue weighted by Gasteiger charge is 2.06. The Morgan fingerprint density at radius 1 is 0.950 bits per heavy atom. The lowest BCUT2D eigenvalue weighted by atomic mass is 10.1. The molecule has 0 radical (unpaired) electrons. The predicted molar refractivity (Wildman–Crippen MR) is 84.6 cm³/mol. The molecular weight excluding hydrogens is 248 g/mol. The van der Waals surface area contributed by atoms with Crippen molar-refractivity contribution in [2.24, 2.45) is 0 Å². The fraction of sp³-hybridized carbons (Fsp3) is 0.0588. The van der Waals surface area contributed by atoms with Crippen LogP contribution in [0.2, 0.25) is 0 Å². The van der Waals surface area contributed by atoms with E-state index in [2.05, 4.69) is 17.4 Å². The van der Waals surface area contributed by atoms with Crippen LogP contribution >= 0.6 is 0 Å². The second-order valence-electron chi connectivity index (χ2n) is 4.61. The molecule has 0 atom stereocenters. The zero-order chi connectivity index (χ0) is 13.9. The van der Waals surface area contributed by atoms with E-state index in [4.69, 9.17) is 10.5 Å². The molecule has 0 fully saturated rings. The van der Waals surface area contributed by atoms with Gasteiger partial charge in [0.15, 0.2) is 0 Å². The summed E-state index contributed by atoms with van der Waals surface area (Å²) in [5, 5.41) is 5.65. The normalized spacial score (nSPS) is 10.4. The van der Waals surface area contributed by atoms with Crippen LogP contribution in [-0.4, -0.2) is 7.11 Å². The van der Waals surface area contributed by atoms with Gasteiger partial charge in [0.05, 0.1) is 18.5 Å². The van der Waals surface area contributed by atoms with Gasteiger partial charge in [-0.25, -0.2) is 0 Å². The van der Waals surface area contributed by atoms with E-state index >= 15 is 0 Å². The highest BCUT2D eigenvalue weighted by atomic mass is 16.5. The lowest BCUT2D eigenvalue weighted by molar-refractivity contribution is 0.415. The molecule has 0 aromatic heterocycles. The largest absolute Gasteiger partial charge is 0.497 e. The fourth-order valence-corrected chi connectivity index (χ4v) is 2.27. The van der Waals surface area contributed by atoms with Crippen molar-refractivity contribution in [3.05, 3.63) is 60.7 Å². The molecule has 0 aliphatic carbocycles. The first-order chi connectivity index (χ1) is 9.78. The van der Waals surface area contributed by atoms with Crippen molar-refractivity contribution in [2.45, 2.75) is 0 Å². The van der Waals surface area contributed by atoms with Crippen LogP contribution in [0.1, 0.15) is 0 Å². The number of hydrogen-bond donors (Lipinski definition) is 2. The van der Waals surface area contributed by atoms with E-state index in [0.29, 0.717) is 0 Å². The Balaban J connectivity index is 2.07. The maximum absolute atomic E-state index is 6.11. The summed E-state index contributed by atoms with van der Waals surface area (Å²) < 4.78 is 5.24. The number of benzene rings is 3. The minimum atomic E-state index is 0.728. The molecule has 0 spiro atoms. The van der Waals surface area contributed by atoms with Gasteiger partial charge in [-0.05, 0) is 23.6 Å². The van der Waals surface area contributed by atoms with Crippen molar-refractivity contribution in [3.8, 4) is 5.75 Å². The third kappa shape index (κ3) is 2.26. The number of hydrogen-bond acceptors (Lipinski definition) is 3. The van der Waals surface area contributed by atoms with Crippen molar-refractivity contribution < 1.29 is 4.74 Å². The number of nitrogens with two attached hydrogens (primary N) is 1. The van der Waals surface area contributed by atoms with Gasteiger partial charge < -0.3 is 15.8 Å². The number of ether oxygens (including phenoxy) is 1. The minimum absolute atomic E-state index is 0.728. The molecule has 3 aromatic rings. The van der Waals surface area contributed by atoms with Crippen LogP contribution in [0.25, 0.3) is 10.8 Å². The molecule has 3 heteroatoms. The Labute approximate surface area is 118 Å². The maximum atomic E-state index is 6.11. The number of fused-ring (bicyclic) bond motifs is 1. The summed E-state index contributed by atoms with van der Waals surface area (Å²) in [5.41, 5.74) is 8.72. The van der Waals surface area contributed by atoms with Gasteiger partial charge in [0, 0.05) is 17.1 Å². The van der Waals surface area contributed by atoms with Crippen LogP contribution in [0, 0.1) is 0 Å². The first-order valence-electron chi connectivity index (χ1n) is 6.46. The fourth-order valence-electron chi connectivity index (χ4n) is 2.27. The van der Waals surface area contributed by atoms with E-state index in [1.54, 1.807) is 7.11 Å². The number of nitrogens with one attached hydrogen (secondary N) is 1. The third-order valence-corrected chi connectivity index (χ3v) is 3.30. The highest BCUT2D eigenvalue weighted by molar-refractivity contribution is 6.01. The Hall–Kier alpha value is -2.68. The third-order valence-electron chi connectivity index (χ3n) is 3.30. The molecule has 0 unspecified atom stereocenters. The first kappa shape index (κ1) is 12.4. The van der Waals surface area contributed by atoms with Crippen LogP contribution in [0.3, 0.4) is 0 Å². The number of nitrogen functional groups attached to an aromatic ring is 1. The van der Waals surface area contributed by atoms with E-state index in [1.807, 2.05) is 48.5 Å². The molecule has 3 rings (SSSR count). The summed E-state index contributed by atoms with van der Waals surface area (Å²) in [7, 11) is 1.66. The summed E-state index contributed by atoms with van der Waals surface area (Å²) in [5.74, 6) is 0.814. The van der Waals surface area contributed by atoms with E-state index in [1.165, 1.54) is 0 Å². The molecule has 0 saturated carbocycles. The Bertz CT molecular complexity index is 753. The van der Waals surface area contributed by atoms with E-state index in [0.717, 1.165) is 33.6 Å². The molecule has 100 valence electrons. The predicted octanol–water partition coefficient (Wildman–Crippen LogP) is 4.17. The van der Waals surface area contributed by atoms with Gasteiger partial charge in [0.25, 0.3) is 0 Å². The number of rotatable bonds is 3. The quantitative estimate of drug-likeness (QED) is 0.698. The summed E-state index contributed by atoms with van der Waals surface area (Å²) in [6, 6.07) is 19.9. The summed E-state index contributed by atoms with van der Waals surface area (Å²) in [6.45, 7) is 0. The molecule has 0 saturated heterocycles. The minimum Gasteiger partial charge on any atom is -0.497 e. The molecule has 0 aliphatic rings. The first-order valence-corrected chi connectivity index (χ1v) is 6.46. The van der Waals surface area contributed by atoms with Crippen LogP contribution < -0.4 is 15.8 Å². The molecule has 20 heavy (non-hydrogen) atoms. The lowest BCUT2D eigenvalue weighted by Gasteiger charge is -2.13. The maximum Gasteiger partial charge on any atom is 0.120 e. The average Bonchev–Trinajstić information content (AvgIpc) is 2.50. The monoisotopic (exact) mass is 264 g/mol. The van der Waals surface area contributed by atoms with Crippen molar-refractivity contribution in [2.75, 3.05) is 18.2 Å². The number of methoxy groups -OCH3 is 1. The van der Waals surface area contributed by atoms with Crippen LogP contribution in [0.4, 0.5) is 17.1 Å². The molecule has 3 aromatic carbocycles. The Kier molecular flexibility index (Phi) is 3.17. The molecule has 0 bridgehead atoms. The lowest BCUT2D eigenvalue weighted by Crippen LogP contribution is -1.97. The Morgan fingerprint density at radius 3 is 2.65 bits per heavy atom. The molecule has 0 aliphatic heterocycles. The van der Waals surface area contributed by atoms with Crippen molar-refractivity contribution in [1.29, 1.82) is 0 Å². The van der Waals surface area contributed by atoms with Gasteiger partial charge in [-0.3, -0.25) is 0 Å². The van der Waals surface area contributed by atoms with Crippen LogP contribution in [0.15, 0.2) is 60.7 Å². The topological polar surface area (TPSA) is 47.3 Å². The number of anilines is 3. The summed E-state index contributed by atoms with van der Waals surface area (Å²) in [6.07, 6.45) is 0. The van der Waals surface area contributed by atoms with E-state index in [9.17, 15) is 0 Å². The molecular formula is C17H16N2O. The van der Waals surface area contributed by atoms with Crippen molar-refractivity contribution in [1.82, 2.24) is 0 Å². The van der Waals surface area contributed by atoms with Crippen molar-refractivity contribution >= 4 is 27.8 Å². The summed E-state index contributed by atoms with van der Waals surface area (Å²) >= 11 is 0. The van der Waals surface area contributed by atoms with Crippen molar-refractivity contribution in [3.63, 3.8) is 0 Å². The molecule has 0 amide bonds. The van der Waals surface area contributed by atoms with E-state index < -0.39 is 0 Å². The summed E-state index contributed by atoms with van der Waals surface area (Å²) in [4.78, 5) is 0. The second-order valence-corrected chi connectivity index (χ2v) is 4.61. The molecule has 3 nitrogen and oxygen atoms in total. The van der Waals surface area contributed by atoms with E-state index in [-0.39, 0.29) is 0 Å². The zero-order valence-corrected chi connectivity index (χ0v) is 11.3. The van der Waals surface area contributed by atoms with Gasteiger partial charge in [-0.2, -0.15) is 0 Å². The van der Waals surface area contributed by atoms with Crippen LogP contribution in [0.5, 0.6) is 5.75 Å². The van der Waals surface area contributed by atoms with Gasteiger partial charge in [-0.1, -0.05) is 36.4 Å². The van der Waals surface area contributed by atoms with Gasteiger partial charge in [-0.15, -0.1) is 0 Å². The molecule has 0 heterocycles. The standard InChI is InChI=1S/C17H16N2O/c1-20-14-7-4-6-13(11-14)19-17-15-8-3-2-5-12(15)9-10-16(17)18/h2-11,19H,18H2,1H3. The van der Waals surface area contributed by atoms with Gasteiger partial charge in [0.2, 0.25) is 0 Å². The highest BCUT2D eigenvalue weighted by Crippen LogP contribution is 2.32. The SMILES string of the molecule is COc1cccc(Nc2c(N)ccc3ccccc23)c1. The Morgan fingerprint density at radius 2 is 1.80 bits per heavy atom. The zero-order valence-electron chi connectivity index (χ0n) is 11.3. The average molecular weight is 264 g/mol.